The Kier molecular flexibility index (Phi) is 3.88. The Labute approximate surface area is 112 Å². The van der Waals surface area contributed by atoms with Gasteiger partial charge >= 0.3 is 5.97 Å². The van der Waals surface area contributed by atoms with Gasteiger partial charge in [0.05, 0.1) is 5.56 Å². The van der Waals surface area contributed by atoms with Crippen molar-refractivity contribution in [3.8, 4) is 0 Å². The van der Waals surface area contributed by atoms with E-state index in [4.69, 9.17) is 5.11 Å². The summed E-state index contributed by atoms with van der Waals surface area (Å²) in [4.78, 5) is 23.0. The van der Waals surface area contributed by atoms with Crippen LogP contribution in [0.15, 0.2) is 18.2 Å². The van der Waals surface area contributed by atoms with Crippen LogP contribution in [0, 0.1) is 12.8 Å². The van der Waals surface area contributed by atoms with E-state index in [0.717, 1.165) is 24.8 Å². The van der Waals surface area contributed by atoms with Crippen molar-refractivity contribution in [3.05, 3.63) is 34.9 Å². The summed E-state index contributed by atoms with van der Waals surface area (Å²) in [6.45, 7) is 3.93. The summed E-state index contributed by atoms with van der Waals surface area (Å²) in [6, 6.07) is 4.98. The first-order valence-corrected chi connectivity index (χ1v) is 6.67. The molecule has 0 aromatic heterocycles. The summed E-state index contributed by atoms with van der Waals surface area (Å²) in [6.07, 6.45) is 3.31. The number of benzene rings is 1. The molecule has 1 aliphatic carbocycles. The minimum absolute atomic E-state index is 0.158. The maximum atomic E-state index is 12.1. The number of carboxylic acids is 1. The van der Waals surface area contributed by atoms with E-state index in [2.05, 4.69) is 12.2 Å². The first-order valence-electron chi connectivity index (χ1n) is 6.67. The number of amides is 1. The highest BCUT2D eigenvalue weighted by Gasteiger charge is 2.37. The van der Waals surface area contributed by atoms with Crippen LogP contribution in [0.3, 0.4) is 0 Å². The number of aromatic carboxylic acids is 1. The van der Waals surface area contributed by atoms with Crippen LogP contribution in [-0.4, -0.2) is 23.0 Å². The molecule has 1 amide bonds. The Balaban J connectivity index is 2.05. The van der Waals surface area contributed by atoms with Gasteiger partial charge in [-0.1, -0.05) is 13.3 Å². The Morgan fingerprint density at radius 3 is 2.63 bits per heavy atom. The third kappa shape index (κ3) is 3.34. The molecule has 2 rings (SSSR count). The molecule has 1 fully saturated rings. The second kappa shape index (κ2) is 5.43. The van der Waals surface area contributed by atoms with Gasteiger partial charge in [-0.15, -0.1) is 0 Å². The van der Waals surface area contributed by atoms with E-state index in [1.807, 2.05) is 0 Å². The molecule has 0 radical (unpaired) electrons. The highest BCUT2D eigenvalue weighted by molar-refractivity contribution is 5.98. The summed E-state index contributed by atoms with van der Waals surface area (Å²) >= 11 is 0. The van der Waals surface area contributed by atoms with Gasteiger partial charge in [-0.05, 0) is 49.4 Å². The van der Waals surface area contributed by atoms with E-state index in [-0.39, 0.29) is 17.5 Å². The average Bonchev–Trinajstić information content (AvgIpc) is 3.06. The Bertz CT molecular complexity index is 510. The number of hydrogen-bond acceptors (Lipinski definition) is 2. The fraction of sp³-hybridized carbons (Fsp3) is 0.467. The highest BCUT2D eigenvalue weighted by atomic mass is 16.4. The molecule has 1 aromatic carbocycles. The van der Waals surface area contributed by atoms with Gasteiger partial charge in [-0.2, -0.15) is 0 Å². The van der Waals surface area contributed by atoms with E-state index in [1.54, 1.807) is 19.1 Å². The number of hydrogen-bond donors (Lipinski definition) is 2. The van der Waals surface area contributed by atoms with Crippen LogP contribution in [-0.2, 0) is 0 Å². The van der Waals surface area contributed by atoms with Crippen molar-refractivity contribution in [2.75, 3.05) is 0 Å². The molecule has 0 saturated heterocycles. The van der Waals surface area contributed by atoms with E-state index < -0.39 is 5.97 Å². The maximum Gasteiger partial charge on any atom is 0.335 e. The molecule has 4 heteroatoms. The molecule has 1 aliphatic rings. The van der Waals surface area contributed by atoms with Crippen molar-refractivity contribution in [2.45, 2.75) is 39.2 Å². The average molecular weight is 261 g/mol. The molecule has 19 heavy (non-hydrogen) atoms. The standard InChI is InChI=1S/C15H19NO3/c1-3-4-10-8-13(10)16-14(17)11-5-9(2)6-12(7-11)15(18)19/h5-7,10,13H,3-4,8H2,1-2H3,(H,16,17)(H,18,19). The number of aryl methyl sites for hydroxylation is 1. The SMILES string of the molecule is CCCC1CC1NC(=O)c1cc(C)cc(C(=O)O)c1. The zero-order valence-corrected chi connectivity index (χ0v) is 11.3. The highest BCUT2D eigenvalue weighted by Crippen LogP contribution is 2.34. The third-order valence-electron chi connectivity index (χ3n) is 3.49. The van der Waals surface area contributed by atoms with E-state index in [0.29, 0.717) is 11.5 Å². The molecule has 2 unspecified atom stereocenters. The van der Waals surface area contributed by atoms with Crippen LogP contribution in [0.1, 0.15) is 52.5 Å². The van der Waals surface area contributed by atoms with Crippen LogP contribution in [0.5, 0.6) is 0 Å². The van der Waals surface area contributed by atoms with Crippen LogP contribution >= 0.6 is 0 Å². The largest absolute Gasteiger partial charge is 0.478 e. The maximum absolute atomic E-state index is 12.1. The summed E-state index contributed by atoms with van der Waals surface area (Å²) in [5, 5.41) is 12.0. The number of carbonyl (C=O) groups is 2. The summed E-state index contributed by atoms with van der Waals surface area (Å²) in [7, 11) is 0. The smallest absolute Gasteiger partial charge is 0.335 e. The molecule has 2 atom stereocenters. The Morgan fingerprint density at radius 1 is 1.32 bits per heavy atom. The molecule has 0 aliphatic heterocycles. The zero-order chi connectivity index (χ0) is 14.0. The predicted octanol–water partition coefficient (Wildman–Crippen LogP) is 2.61. The van der Waals surface area contributed by atoms with E-state index in [1.165, 1.54) is 6.07 Å². The van der Waals surface area contributed by atoms with Gasteiger partial charge in [0.2, 0.25) is 0 Å². The van der Waals surface area contributed by atoms with Crippen LogP contribution < -0.4 is 5.32 Å². The fourth-order valence-electron chi connectivity index (χ4n) is 2.40. The molecule has 0 heterocycles. The topological polar surface area (TPSA) is 66.4 Å². The Hall–Kier alpha value is -1.84. The van der Waals surface area contributed by atoms with E-state index in [9.17, 15) is 9.59 Å². The van der Waals surface area contributed by atoms with Gasteiger partial charge in [0, 0.05) is 11.6 Å². The first-order chi connectivity index (χ1) is 9.01. The fourth-order valence-corrected chi connectivity index (χ4v) is 2.40. The summed E-state index contributed by atoms with van der Waals surface area (Å²) in [5.74, 6) is -0.583. The van der Waals surface area contributed by atoms with Gasteiger partial charge in [-0.3, -0.25) is 4.79 Å². The van der Waals surface area contributed by atoms with Gasteiger partial charge in [0.15, 0.2) is 0 Å². The minimum Gasteiger partial charge on any atom is -0.478 e. The van der Waals surface area contributed by atoms with Crippen LogP contribution in [0.4, 0.5) is 0 Å². The van der Waals surface area contributed by atoms with Crippen LogP contribution in [0.2, 0.25) is 0 Å². The molecule has 4 nitrogen and oxygen atoms in total. The van der Waals surface area contributed by atoms with Crippen molar-refractivity contribution >= 4 is 11.9 Å². The monoisotopic (exact) mass is 261 g/mol. The van der Waals surface area contributed by atoms with E-state index >= 15 is 0 Å². The third-order valence-corrected chi connectivity index (χ3v) is 3.49. The number of carbonyl (C=O) groups excluding carboxylic acids is 1. The van der Waals surface area contributed by atoms with Gasteiger partial charge < -0.3 is 10.4 Å². The number of nitrogens with one attached hydrogen (secondary N) is 1. The lowest BCUT2D eigenvalue weighted by Gasteiger charge is -2.07. The molecular formula is C15H19NO3. The first kappa shape index (κ1) is 13.6. The molecule has 1 aromatic rings. The summed E-state index contributed by atoms with van der Waals surface area (Å²) in [5.41, 5.74) is 1.37. The van der Waals surface area contributed by atoms with Crippen molar-refractivity contribution in [1.82, 2.24) is 5.32 Å². The Morgan fingerprint density at radius 2 is 2.00 bits per heavy atom. The van der Waals surface area contributed by atoms with Gasteiger partial charge in [-0.25, -0.2) is 4.79 Å². The normalized spacial score (nSPS) is 20.9. The van der Waals surface area contributed by atoms with Crippen molar-refractivity contribution < 1.29 is 14.7 Å². The zero-order valence-electron chi connectivity index (χ0n) is 11.3. The molecule has 0 bridgehead atoms. The van der Waals surface area contributed by atoms with Crippen LogP contribution in [0.25, 0.3) is 0 Å². The molecule has 1 saturated carbocycles. The number of rotatable bonds is 5. The van der Waals surface area contributed by atoms with Crippen molar-refractivity contribution in [2.24, 2.45) is 5.92 Å². The lowest BCUT2D eigenvalue weighted by atomic mass is 10.1. The molecule has 102 valence electrons. The molecular weight excluding hydrogens is 242 g/mol. The molecule has 2 N–H and O–H groups in total. The summed E-state index contributed by atoms with van der Waals surface area (Å²) < 4.78 is 0. The van der Waals surface area contributed by atoms with Gasteiger partial charge in [0.25, 0.3) is 5.91 Å². The molecule has 0 spiro atoms. The quantitative estimate of drug-likeness (QED) is 0.856. The van der Waals surface area contributed by atoms with Gasteiger partial charge in [0.1, 0.15) is 0 Å². The minimum atomic E-state index is -1.01. The second-order valence-electron chi connectivity index (χ2n) is 5.26. The van der Waals surface area contributed by atoms with Crippen molar-refractivity contribution in [3.63, 3.8) is 0 Å². The second-order valence-corrected chi connectivity index (χ2v) is 5.26. The predicted molar refractivity (Wildman–Crippen MR) is 72.4 cm³/mol. The van der Waals surface area contributed by atoms with Crippen molar-refractivity contribution in [1.29, 1.82) is 0 Å². The lowest BCUT2D eigenvalue weighted by Crippen LogP contribution is -2.27. The number of carboxylic acid groups (broad SMARTS) is 1. The lowest BCUT2D eigenvalue weighted by molar-refractivity contribution is 0.0696.